The molecule has 2 amide bonds. The van der Waals surface area contributed by atoms with Gasteiger partial charge in [0.2, 0.25) is 5.91 Å². The first-order valence-corrected chi connectivity index (χ1v) is 9.21. The Balaban J connectivity index is 1.97. The molecule has 10 heteroatoms. The number of amides is 2. The monoisotopic (exact) mass is 438 g/mol. The Kier molecular flexibility index (Phi) is 8.42. The third-order valence-corrected chi connectivity index (χ3v) is 4.34. The Labute approximate surface area is 178 Å². The van der Waals surface area contributed by atoms with Crippen LogP contribution in [-0.4, -0.2) is 46.3 Å². The van der Waals surface area contributed by atoms with E-state index in [1.54, 1.807) is 25.1 Å². The minimum absolute atomic E-state index is 0.0300. The Morgan fingerprint density at radius 1 is 0.935 bits per heavy atom. The highest BCUT2D eigenvalue weighted by molar-refractivity contribution is 5.97. The second-order valence-electron chi connectivity index (χ2n) is 6.32. The SMILES string of the molecule is COc1ccc(C(C)NC(=O)CNC(=O)c2ccc(OC(F)F)c(OC)c2)c(OC)c1. The van der Waals surface area contributed by atoms with Gasteiger partial charge in [-0.15, -0.1) is 0 Å². The molecule has 2 aromatic rings. The minimum Gasteiger partial charge on any atom is -0.497 e. The summed E-state index contributed by atoms with van der Waals surface area (Å²) < 4.78 is 44.6. The van der Waals surface area contributed by atoms with Crippen LogP contribution in [0.5, 0.6) is 23.0 Å². The van der Waals surface area contributed by atoms with Crippen molar-refractivity contribution in [3.05, 3.63) is 47.5 Å². The summed E-state index contributed by atoms with van der Waals surface area (Å²) in [6, 6.07) is 8.56. The van der Waals surface area contributed by atoms with Crippen LogP contribution in [0, 0.1) is 0 Å². The molecule has 0 fully saturated rings. The Morgan fingerprint density at radius 3 is 2.26 bits per heavy atom. The zero-order chi connectivity index (χ0) is 23.0. The molecule has 0 aliphatic rings. The smallest absolute Gasteiger partial charge is 0.387 e. The number of alkyl halides is 2. The molecule has 8 nitrogen and oxygen atoms in total. The summed E-state index contributed by atoms with van der Waals surface area (Å²) >= 11 is 0. The normalized spacial score (nSPS) is 11.5. The zero-order valence-corrected chi connectivity index (χ0v) is 17.5. The lowest BCUT2D eigenvalue weighted by molar-refractivity contribution is -0.120. The van der Waals surface area contributed by atoms with Gasteiger partial charge in [-0.25, -0.2) is 0 Å². The fourth-order valence-electron chi connectivity index (χ4n) is 2.81. The summed E-state index contributed by atoms with van der Waals surface area (Å²) in [5, 5.41) is 5.23. The lowest BCUT2D eigenvalue weighted by Crippen LogP contribution is -2.38. The van der Waals surface area contributed by atoms with Crippen LogP contribution < -0.4 is 29.6 Å². The molecule has 0 heterocycles. The number of nitrogens with one attached hydrogen (secondary N) is 2. The molecule has 0 aliphatic carbocycles. The van der Waals surface area contributed by atoms with Crippen LogP contribution in [0.25, 0.3) is 0 Å². The van der Waals surface area contributed by atoms with E-state index in [0.29, 0.717) is 11.5 Å². The lowest BCUT2D eigenvalue weighted by atomic mass is 10.1. The first-order chi connectivity index (χ1) is 14.8. The largest absolute Gasteiger partial charge is 0.497 e. The number of halogens is 2. The van der Waals surface area contributed by atoms with Crippen LogP contribution in [0.4, 0.5) is 8.78 Å². The van der Waals surface area contributed by atoms with Gasteiger partial charge in [-0.05, 0) is 37.3 Å². The first kappa shape index (κ1) is 23.7. The molecule has 0 bridgehead atoms. The van der Waals surface area contributed by atoms with Gasteiger partial charge in [0.15, 0.2) is 11.5 Å². The van der Waals surface area contributed by atoms with Crippen molar-refractivity contribution in [3.63, 3.8) is 0 Å². The quantitative estimate of drug-likeness (QED) is 0.592. The van der Waals surface area contributed by atoms with Crippen molar-refractivity contribution in [1.82, 2.24) is 10.6 Å². The number of hydrogen-bond donors (Lipinski definition) is 2. The highest BCUT2D eigenvalue weighted by Crippen LogP contribution is 2.30. The van der Waals surface area contributed by atoms with E-state index in [1.165, 1.54) is 39.5 Å². The zero-order valence-electron chi connectivity index (χ0n) is 17.5. The molecule has 168 valence electrons. The fourth-order valence-corrected chi connectivity index (χ4v) is 2.81. The third kappa shape index (κ3) is 6.46. The number of ether oxygens (including phenoxy) is 4. The molecule has 0 saturated carbocycles. The maximum atomic E-state index is 12.4. The highest BCUT2D eigenvalue weighted by atomic mass is 19.3. The maximum absolute atomic E-state index is 12.4. The van der Waals surface area contributed by atoms with Gasteiger partial charge in [-0.1, -0.05) is 0 Å². The van der Waals surface area contributed by atoms with E-state index in [-0.39, 0.29) is 23.6 Å². The first-order valence-electron chi connectivity index (χ1n) is 9.21. The Morgan fingerprint density at radius 2 is 1.65 bits per heavy atom. The molecule has 1 atom stereocenters. The molecule has 31 heavy (non-hydrogen) atoms. The summed E-state index contributed by atoms with van der Waals surface area (Å²) in [5.41, 5.74) is 0.860. The van der Waals surface area contributed by atoms with Crippen molar-refractivity contribution in [2.24, 2.45) is 0 Å². The van der Waals surface area contributed by atoms with E-state index in [9.17, 15) is 18.4 Å². The van der Waals surface area contributed by atoms with Crippen molar-refractivity contribution in [1.29, 1.82) is 0 Å². The van der Waals surface area contributed by atoms with Gasteiger partial charge >= 0.3 is 6.61 Å². The van der Waals surface area contributed by atoms with Crippen LogP contribution in [0.15, 0.2) is 36.4 Å². The average Bonchev–Trinajstić information content (AvgIpc) is 2.76. The van der Waals surface area contributed by atoms with Crippen molar-refractivity contribution >= 4 is 11.8 Å². The predicted molar refractivity (Wildman–Crippen MR) is 108 cm³/mol. The summed E-state index contributed by atoms with van der Waals surface area (Å²) in [6.07, 6.45) is 0. The third-order valence-electron chi connectivity index (χ3n) is 4.34. The Hall–Kier alpha value is -3.56. The number of benzene rings is 2. The summed E-state index contributed by atoms with van der Waals surface area (Å²) in [6.45, 7) is -1.54. The molecule has 0 saturated heterocycles. The van der Waals surface area contributed by atoms with Gasteiger partial charge in [0.25, 0.3) is 5.91 Å². The number of methoxy groups -OCH3 is 3. The van der Waals surface area contributed by atoms with Gasteiger partial charge in [-0.2, -0.15) is 8.78 Å². The molecule has 0 aromatic heterocycles. The summed E-state index contributed by atoms with van der Waals surface area (Å²) in [7, 11) is 4.31. The molecular formula is C21H24F2N2O6. The van der Waals surface area contributed by atoms with Crippen molar-refractivity contribution in [2.45, 2.75) is 19.6 Å². The molecule has 1 unspecified atom stereocenters. The van der Waals surface area contributed by atoms with Gasteiger partial charge in [0.1, 0.15) is 11.5 Å². The van der Waals surface area contributed by atoms with E-state index in [1.807, 2.05) is 0 Å². The predicted octanol–water partition coefficient (Wildman–Crippen LogP) is 2.92. The van der Waals surface area contributed by atoms with E-state index in [0.717, 1.165) is 5.56 Å². The van der Waals surface area contributed by atoms with Crippen molar-refractivity contribution in [2.75, 3.05) is 27.9 Å². The molecule has 0 spiro atoms. The van der Waals surface area contributed by atoms with Gasteiger partial charge < -0.3 is 29.6 Å². The molecule has 2 aromatic carbocycles. The number of carbonyl (C=O) groups excluding carboxylic acids is 2. The fraction of sp³-hybridized carbons (Fsp3) is 0.333. The maximum Gasteiger partial charge on any atom is 0.387 e. The highest BCUT2D eigenvalue weighted by Gasteiger charge is 2.17. The molecular weight excluding hydrogens is 414 g/mol. The van der Waals surface area contributed by atoms with Gasteiger partial charge in [0, 0.05) is 17.2 Å². The van der Waals surface area contributed by atoms with E-state index < -0.39 is 24.5 Å². The summed E-state index contributed by atoms with van der Waals surface area (Å²) in [4.78, 5) is 24.6. The van der Waals surface area contributed by atoms with Crippen LogP contribution >= 0.6 is 0 Å². The lowest BCUT2D eigenvalue weighted by Gasteiger charge is -2.18. The minimum atomic E-state index is -3.02. The van der Waals surface area contributed by atoms with Crippen LogP contribution in [0.2, 0.25) is 0 Å². The number of hydrogen-bond acceptors (Lipinski definition) is 6. The molecule has 2 rings (SSSR count). The molecule has 2 N–H and O–H groups in total. The number of carbonyl (C=O) groups is 2. The Bertz CT molecular complexity index is 923. The van der Waals surface area contributed by atoms with Gasteiger partial charge in [0.05, 0.1) is 33.9 Å². The van der Waals surface area contributed by atoms with Crippen LogP contribution in [0.1, 0.15) is 28.9 Å². The van der Waals surface area contributed by atoms with Crippen LogP contribution in [0.3, 0.4) is 0 Å². The molecule has 0 aliphatic heterocycles. The van der Waals surface area contributed by atoms with Crippen molar-refractivity contribution < 1.29 is 37.3 Å². The molecule has 0 radical (unpaired) electrons. The van der Waals surface area contributed by atoms with E-state index in [4.69, 9.17) is 14.2 Å². The van der Waals surface area contributed by atoms with Crippen molar-refractivity contribution in [3.8, 4) is 23.0 Å². The topological polar surface area (TPSA) is 95.1 Å². The van der Waals surface area contributed by atoms with E-state index >= 15 is 0 Å². The summed E-state index contributed by atoms with van der Waals surface area (Å²) in [5.74, 6) is -0.0667. The second kappa shape index (κ2) is 11.0. The standard InChI is InChI=1S/C21H24F2N2O6/c1-12(15-7-6-14(28-2)10-17(15)29-3)25-19(26)11-24-20(27)13-5-8-16(31-21(22)23)18(9-13)30-4/h5-10,12,21H,11H2,1-4H3,(H,24,27)(H,25,26). The van der Waals surface area contributed by atoms with Gasteiger partial charge in [-0.3, -0.25) is 9.59 Å². The number of rotatable bonds is 10. The van der Waals surface area contributed by atoms with Crippen LogP contribution in [-0.2, 0) is 4.79 Å². The second-order valence-corrected chi connectivity index (χ2v) is 6.32. The average molecular weight is 438 g/mol. The van der Waals surface area contributed by atoms with E-state index in [2.05, 4.69) is 15.4 Å².